The van der Waals surface area contributed by atoms with Crippen molar-refractivity contribution in [2.75, 3.05) is 13.2 Å². The fraction of sp³-hybridized carbons (Fsp3) is 0.333. The number of nitrogens with one attached hydrogen (secondary N) is 1. The molecule has 0 radical (unpaired) electrons. The van der Waals surface area contributed by atoms with E-state index < -0.39 is 0 Å². The van der Waals surface area contributed by atoms with Crippen molar-refractivity contribution in [3.63, 3.8) is 0 Å². The molecule has 3 heteroatoms. The lowest BCUT2D eigenvalue weighted by Gasteiger charge is -2.22. The smallest absolute Gasteiger partial charge is 0.124 e. The number of hydrogen-bond acceptors (Lipinski definition) is 2. The average Bonchev–Trinajstić information content (AvgIpc) is 2.47. The van der Waals surface area contributed by atoms with E-state index in [0.29, 0.717) is 6.61 Å². The quantitative estimate of drug-likeness (QED) is 0.805. The van der Waals surface area contributed by atoms with Crippen molar-refractivity contribution in [1.29, 1.82) is 0 Å². The third-order valence-corrected chi connectivity index (χ3v) is 3.86. The van der Waals surface area contributed by atoms with Crippen LogP contribution in [0.5, 0.6) is 5.75 Å². The van der Waals surface area contributed by atoms with E-state index >= 15 is 0 Å². The standard InChI is InChI=1S/C18H22BrNO/c1-4-20-18(14-8-6-7-13(3)11-14)16-12-15(19)9-10-17(16)21-5-2/h6-12,18,20H,4-5H2,1-3H3. The molecule has 0 aliphatic carbocycles. The number of ether oxygens (including phenoxy) is 1. The van der Waals surface area contributed by atoms with Crippen molar-refractivity contribution >= 4 is 15.9 Å². The Kier molecular flexibility index (Phi) is 5.83. The number of hydrogen-bond donors (Lipinski definition) is 1. The third kappa shape index (κ3) is 4.08. The molecule has 0 amide bonds. The SMILES string of the molecule is CCNC(c1cccc(C)c1)c1cc(Br)ccc1OCC. The van der Waals surface area contributed by atoms with Gasteiger partial charge in [-0.15, -0.1) is 0 Å². The topological polar surface area (TPSA) is 21.3 Å². The zero-order chi connectivity index (χ0) is 15.2. The summed E-state index contributed by atoms with van der Waals surface area (Å²) in [6.45, 7) is 7.83. The van der Waals surface area contributed by atoms with Gasteiger partial charge in [0.1, 0.15) is 5.75 Å². The van der Waals surface area contributed by atoms with Gasteiger partial charge in [0, 0.05) is 10.0 Å². The lowest BCUT2D eigenvalue weighted by Crippen LogP contribution is -2.22. The van der Waals surface area contributed by atoms with Gasteiger partial charge in [-0.1, -0.05) is 52.7 Å². The van der Waals surface area contributed by atoms with Gasteiger partial charge >= 0.3 is 0 Å². The predicted molar refractivity (Wildman–Crippen MR) is 92.0 cm³/mol. The van der Waals surface area contributed by atoms with Gasteiger partial charge in [-0.2, -0.15) is 0 Å². The van der Waals surface area contributed by atoms with Gasteiger partial charge in [0.25, 0.3) is 0 Å². The van der Waals surface area contributed by atoms with Crippen LogP contribution in [-0.2, 0) is 0 Å². The minimum atomic E-state index is 0.133. The minimum Gasteiger partial charge on any atom is -0.494 e. The number of benzene rings is 2. The second-order valence-corrected chi connectivity index (χ2v) is 5.94. The molecule has 112 valence electrons. The Bertz CT molecular complexity index is 598. The van der Waals surface area contributed by atoms with E-state index in [1.54, 1.807) is 0 Å². The van der Waals surface area contributed by atoms with Crippen molar-refractivity contribution in [3.05, 3.63) is 63.6 Å². The van der Waals surface area contributed by atoms with Gasteiger partial charge in [-0.25, -0.2) is 0 Å². The highest BCUT2D eigenvalue weighted by Crippen LogP contribution is 2.33. The molecule has 0 aliphatic rings. The lowest BCUT2D eigenvalue weighted by atomic mass is 9.96. The predicted octanol–water partition coefficient (Wildman–Crippen LogP) is 4.86. The molecule has 0 aromatic heterocycles. The molecule has 0 fully saturated rings. The van der Waals surface area contributed by atoms with Gasteiger partial charge in [-0.3, -0.25) is 0 Å². The fourth-order valence-electron chi connectivity index (χ4n) is 2.49. The third-order valence-electron chi connectivity index (χ3n) is 3.37. The van der Waals surface area contributed by atoms with Crippen LogP contribution in [0.4, 0.5) is 0 Å². The van der Waals surface area contributed by atoms with E-state index in [0.717, 1.165) is 16.8 Å². The summed E-state index contributed by atoms with van der Waals surface area (Å²) in [5.74, 6) is 0.938. The van der Waals surface area contributed by atoms with E-state index in [1.165, 1.54) is 16.7 Å². The Hall–Kier alpha value is -1.32. The molecule has 1 N–H and O–H groups in total. The summed E-state index contributed by atoms with van der Waals surface area (Å²) < 4.78 is 6.88. The largest absolute Gasteiger partial charge is 0.494 e. The van der Waals surface area contributed by atoms with Crippen LogP contribution in [0, 0.1) is 6.92 Å². The van der Waals surface area contributed by atoms with Crippen molar-refractivity contribution in [2.24, 2.45) is 0 Å². The van der Waals surface area contributed by atoms with Crippen molar-refractivity contribution in [2.45, 2.75) is 26.8 Å². The first-order chi connectivity index (χ1) is 10.2. The summed E-state index contributed by atoms with van der Waals surface area (Å²) in [6, 6.07) is 14.9. The lowest BCUT2D eigenvalue weighted by molar-refractivity contribution is 0.333. The Morgan fingerprint density at radius 2 is 1.95 bits per heavy atom. The zero-order valence-electron chi connectivity index (χ0n) is 12.8. The molecule has 2 aromatic rings. The first-order valence-electron chi connectivity index (χ1n) is 7.37. The van der Waals surface area contributed by atoms with Gasteiger partial charge in [0.05, 0.1) is 12.6 Å². The molecule has 0 spiro atoms. The summed E-state index contributed by atoms with van der Waals surface area (Å²) in [7, 11) is 0. The normalized spacial score (nSPS) is 12.2. The highest BCUT2D eigenvalue weighted by molar-refractivity contribution is 9.10. The van der Waals surface area contributed by atoms with Crippen LogP contribution < -0.4 is 10.1 Å². The summed E-state index contributed by atoms with van der Waals surface area (Å²) in [4.78, 5) is 0. The molecule has 0 bridgehead atoms. The molecule has 1 unspecified atom stereocenters. The van der Waals surface area contributed by atoms with E-state index in [9.17, 15) is 0 Å². The number of halogens is 1. The highest BCUT2D eigenvalue weighted by atomic mass is 79.9. The first-order valence-corrected chi connectivity index (χ1v) is 8.17. The van der Waals surface area contributed by atoms with Gasteiger partial charge in [0.15, 0.2) is 0 Å². The maximum Gasteiger partial charge on any atom is 0.124 e. The molecule has 0 saturated carbocycles. The van der Waals surface area contributed by atoms with Crippen LogP contribution in [0.1, 0.15) is 36.6 Å². The van der Waals surface area contributed by atoms with Crippen LogP contribution in [0.2, 0.25) is 0 Å². The van der Waals surface area contributed by atoms with Crippen LogP contribution in [0.15, 0.2) is 46.9 Å². The molecule has 2 aromatic carbocycles. The van der Waals surface area contributed by atoms with E-state index in [4.69, 9.17) is 4.74 Å². The molecule has 0 saturated heterocycles. The number of rotatable bonds is 6. The highest BCUT2D eigenvalue weighted by Gasteiger charge is 2.18. The summed E-state index contributed by atoms with van der Waals surface area (Å²) >= 11 is 3.57. The maximum atomic E-state index is 5.81. The van der Waals surface area contributed by atoms with Crippen LogP contribution in [0.3, 0.4) is 0 Å². The second kappa shape index (κ2) is 7.62. The van der Waals surface area contributed by atoms with Crippen molar-refractivity contribution < 1.29 is 4.74 Å². The Morgan fingerprint density at radius 3 is 2.62 bits per heavy atom. The van der Waals surface area contributed by atoms with Crippen LogP contribution in [0.25, 0.3) is 0 Å². The Morgan fingerprint density at radius 1 is 1.14 bits per heavy atom. The summed E-state index contributed by atoms with van der Waals surface area (Å²) in [5.41, 5.74) is 3.69. The molecule has 0 heterocycles. The molecule has 2 rings (SSSR count). The van der Waals surface area contributed by atoms with E-state index in [1.807, 2.05) is 19.1 Å². The van der Waals surface area contributed by atoms with Crippen molar-refractivity contribution in [3.8, 4) is 5.75 Å². The van der Waals surface area contributed by atoms with E-state index in [2.05, 4.69) is 65.4 Å². The molecular formula is C18H22BrNO. The van der Waals surface area contributed by atoms with Crippen LogP contribution in [-0.4, -0.2) is 13.2 Å². The molecule has 1 atom stereocenters. The van der Waals surface area contributed by atoms with Crippen LogP contribution >= 0.6 is 15.9 Å². The Balaban J connectivity index is 2.49. The zero-order valence-corrected chi connectivity index (χ0v) is 14.4. The Labute approximate surface area is 135 Å². The second-order valence-electron chi connectivity index (χ2n) is 5.02. The monoisotopic (exact) mass is 347 g/mol. The molecule has 0 aliphatic heterocycles. The first kappa shape index (κ1) is 16.1. The number of aryl methyl sites for hydroxylation is 1. The summed E-state index contributed by atoms with van der Waals surface area (Å²) in [6.07, 6.45) is 0. The van der Waals surface area contributed by atoms with Gasteiger partial charge < -0.3 is 10.1 Å². The summed E-state index contributed by atoms with van der Waals surface area (Å²) in [5, 5.41) is 3.57. The van der Waals surface area contributed by atoms with Gasteiger partial charge in [-0.05, 0) is 44.2 Å². The van der Waals surface area contributed by atoms with E-state index in [-0.39, 0.29) is 6.04 Å². The fourth-order valence-corrected chi connectivity index (χ4v) is 2.87. The molecule has 2 nitrogen and oxygen atoms in total. The van der Waals surface area contributed by atoms with Crippen molar-refractivity contribution in [1.82, 2.24) is 5.32 Å². The molecular weight excluding hydrogens is 326 g/mol. The maximum absolute atomic E-state index is 5.81. The minimum absolute atomic E-state index is 0.133. The molecule has 21 heavy (non-hydrogen) atoms. The van der Waals surface area contributed by atoms with Gasteiger partial charge in [0.2, 0.25) is 0 Å². The average molecular weight is 348 g/mol.